The van der Waals surface area contributed by atoms with Crippen LogP contribution < -0.4 is 0 Å². The molecule has 1 heterocycles. The zero-order chi connectivity index (χ0) is 14.5. The SMILES string of the molecule is CCCC[C@@]1(N2C(=O)OC[C@@H]2c2ccccc2)CC12CC2. The quantitative estimate of drug-likeness (QED) is 0.807. The highest BCUT2D eigenvalue weighted by Gasteiger charge is 2.78. The first-order valence-electron chi connectivity index (χ1n) is 8.23. The number of ether oxygens (including phenoxy) is 1. The van der Waals surface area contributed by atoms with Crippen LogP contribution in [0.3, 0.4) is 0 Å². The van der Waals surface area contributed by atoms with E-state index < -0.39 is 0 Å². The molecule has 3 heteroatoms. The van der Waals surface area contributed by atoms with Gasteiger partial charge in [0, 0.05) is 0 Å². The predicted octanol–water partition coefficient (Wildman–Crippen LogP) is 4.29. The van der Waals surface area contributed by atoms with E-state index in [1.807, 2.05) is 6.07 Å². The second kappa shape index (κ2) is 4.49. The minimum absolute atomic E-state index is 0.0938. The molecule has 0 bridgehead atoms. The van der Waals surface area contributed by atoms with E-state index in [9.17, 15) is 4.79 Å². The summed E-state index contributed by atoms with van der Waals surface area (Å²) in [6.07, 6.45) is 7.22. The molecule has 2 atom stereocenters. The molecule has 0 unspecified atom stereocenters. The molecule has 1 aromatic rings. The van der Waals surface area contributed by atoms with E-state index in [0.29, 0.717) is 12.0 Å². The van der Waals surface area contributed by atoms with Gasteiger partial charge in [0.15, 0.2) is 0 Å². The Bertz CT molecular complexity index is 552. The van der Waals surface area contributed by atoms with Crippen LogP contribution in [0.5, 0.6) is 0 Å². The molecule has 4 rings (SSSR count). The van der Waals surface area contributed by atoms with Gasteiger partial charge in [-0.05, 0) is 36.7 Å². The fourth-order valence-electron chi connectivity index (χ4n) is 4.41. The van der Waals surface area contributed by atoms with Crippen molar-refractivity contribution >= 4 is 6.09 Å². The standard InChI is InChI=1S/C18H23NO2/c1-2-3-9-18(13-17(18)10-11-17)19-15(12-21-16(19)20)14-7-5-4-6-8-14/h4-8,15H,2-3,9-13H2,1H3/t15-,18-/m1/s1. The topological polar surface area (TPSA) is 29.5 Å². The summed E-state index contributed by atoms with van der Waals surface area (Å²) in [5.41, 5.74) is 1.75. The van der Waals surface area contributed by atoms with Gasteiger partial charge in [-0.1, -0.05) is 50.1 Å². The van der Waals surface area contributed by atoms with Crippen LogP contribution in [0, 0.1) is 5.41 Å². The first kappa shape index (κ1) is 13.2. The minimum atomic E-state index is -0.0938. The fourth-order valence-corrected chi connectivity index (χ4v) is 4.41. The lowest BCUT2D eigenvalue weighted by molar-refractivity contribution is 0.126. The van der Waals surface area contributed by atoms with Gasteiger partial charge in [-0.15, -0.1) is 0 Å². The number of hydrogen-bond donors (Lipinski definition) is 0. The van der Waals surface area contributed by atoms with Gasteiger partial charge in [-0.25, -0.2) is 4.79 Å². The van der Waals surface area contributed by atoms with E-state index in [2.05, 4.69) is 36.1 Å². The van der Waals surface area contributed by atoms with E-state index in [0.717, 1.165) is 6.42 Å². The lowest BCUT2D eigenvalue weighted by atomic mass is 9.98. The van der Waals surface area contributed by atoms with Crippen LogP contribution in [-0.4, -0.2) is 23.1 Å². The molecule has 3 fully saturated rings. The molecule has 2 saturated carbocycles. The van der Waals surface area contributed by atoms with Gasteiger partial charge >= 0.3 is 6.09 Å². The summed E-state index contributed by atoms with van der Waals surface area (Å²) in [6, 6.07) is 10.5. The summed E-state index contributed by atoms with van der Waals surface area (Å²) in [5, 5.41) is 0. The summed E-state index contributed by atoms with van der Waals surface area (Å²) in [7, 11) is 0. The number of nitrogens with zero attached hydrogens (tertiary/aromatic N) is 1. The third-order valence-corrected chi connectivity index (χ3v) is 5.81. The summed E-state index contributed by atoms with van der Waals surface area (Å²) in [6.45, 7) is 2.74. The van der Waals surface area contributed by atoms with Crippen molar-refractivity contribution < 1.29 is 9.53 Å². The Morgan fingerprint density at radius 3 is 2.67 bits per heavy atom. The van der Waals surface area contributed by atoms with Crippen molar-refractivity contribution in [1.29, 1.82) is 0 Å². The van der Waals surface area contributed by atoms with Gasteiger partial charge in [0.05, 0.1) is 11.6 Å². The van der Waals surface area contributed by atoms with Crippen molar-refractivity contribution in [3.05, 3.63) is 35.9 Å². The van der Waals surface area contributed by atoms with Gasteiger partial charge < -0.3 is 4.74 Å². The zero-order valence-corrected chi connectivity index (χ0v) is 12.7. The first-order valence-corrected chi connectivity index (χ1v) is 8.23. The Balaban J connectivity index is 1.66. The van der Waals surface area contributed by atoms with E-state index in [-0.39, 0.29) is 17.7 Å². The molecule has 112 valence electrons. The highest BCUT2D eigenvalue weighted by Crippen LogP contribution is 2.78. The number of rotatable bonds is 5. The molecule has 0 aromatic heterocycles. The van der Waals surface area contributed by atoms with E-state index >= 15 is 0 Å². The Kier molecular flexibility index (Phi) is 2.82. The van der Waals surface area contributed by atoms with Crippen molar-refractivity contribution in [3.8, 4) is 0 Å². The normalized spacial score (nSPS) is 32.3. The van der Waals surface area contributed by atoms with Crippen molar-refractivity contribution in [2.75, 3.05) is 6.61 Å². The van der Waals surface area contributed by atoms with Crippen molar-refractivity contribution in [3.63, 3.8) is 0 Å². The number of cyclic esters (lactones) is 1. The van der Waals surface area contributed by atoms with Crippen molar-refractivity contribution in [2.24, 2.45) is 5.41 Å². The van der Waals surface area contributed by atoms with Gasteiger partial charge in [0.1, 0.15) is 6.61 Å². The number of unbranched alkanes of at least 4 members (excludes halogenated alkanes) is 1. The molecular formula is C18H23NO2. The third kappa shape index (κ3) is 1.82. The molecule has 1 aliphatic heterocycles. The second-order valence-electron chi connectivity index (χ2n) is 6.97. The Morgan fingerprint density at radius 2 is 2.05 bits per heavy atom. The van der Waals surface area contributed by atoms with Crippen LogP contribution in [-0.2, 0) is 4.74 Å². The van der Waals surface area contributed by atoms with Crippen LogP contribution in [0.4, 0.5) is 4.79 Å². The summed E-state index contributed by atoms with van der Waals surface area (Å²) >= 11 is 0. The fraction of sp³-hybridized carbons (Fsp3) is 0.611. The Hall–Kier alpha value is -1.51. The van der Waals surface area contributed by atoms with Crippen molar-refractivity contribution in [1.82, 2.24) is 4.90 Å². The average Bonchev–Trinajstić information content (AvgIpc) is 3.38. The number of carbonyl (C=O) groups is 1. The molecule has 21 heavy (non-hydrogen) atoms. The molecule has 1 saturated heterocycles. The van der Waals surface area contributed by atoms with Crippen LogP contribution in [0.1, 0.15) is 57.1 Å². The van der Waals surface area contributed by atoms with E-state index in [1.165, 1.54) is 37.7 Å². The minimum Gasteiger partial charge on any atom is -0.447 e. The molecule has 1 spiro atoms. The molecule has 3 aliphatic rings. The zero-order valence-electron chi connectivity index (χ0n) is 12.7. The maximum Gasteiger partial charge on any atom is 0.410 e. The molecule has 2 aliphatic carbocycles. The summed E-state index contributed by atoms with van der Waals surface area (Å²) in [5.74, 6) is 0. The first-order chi connectivity index (χ1) is 10.2. The molecule has 0 radical (unpaired) electrons. The smallest absolute Gasteiger partial charge is 0.410 e. The number of carbonyl (C=O) groups excluding carboxylic acids is 1. The van der Waals surface area contributed by atoms with Crippen LogP contribution in [0.25, 0.3) is 0 Å². The third-order valence-electron chi connectivity index (χ3n) is 5.81. The number of hydrogen-bond acceptors (Lipinski definition) is 2. The van der Waals surface area contributed by atoms with E-state index in [1.54, 1.807) is 0 Å². The van der Waals surface area contributed by atoms with Gasteiger partial charge in [-0.2, -0.15) is 0 Å². The molecule has 1 amide bonds. The largest absolute Gasteiger partial charge is 0.447 e. The average molecular weight is 285 g/mol. The molecule has 1 aromatic carbocycles. The number of amides is 1. The highest BCUT2D eigenvalue weighted by atomic mass is 16.6. The van der Waals surface area contributed by atoms with Gasteiger partial charge in [-0.3, -0.25) is 4.90 Å². The van der Waals surface area contributed by atoms with Crippen LogP contribution in [0.2, 0.25) is 0 Å². The summed E-state index contributed by atoms with van der Waals surface area (Å²) in [4.78, 5) is 14.5. The monoisotopic (exact) mass is 285 g/mol. The lowest BCUT2D eigenvalue weighted by Crippen LogP contribution is -2.42. The van der Waals surface area contributed by atoms with E-state index in [4.69, 9.17) is 4.74 Å². The Morgan fingerprint density at radius 1 is 1.29 bits per heavy atom. The van der Waals surface area contributed by atoms with Crippen LogP contribution in [0.15, 0.2) is 30.3 Å². The highest BCUT2D eigenvalue weighted by molar-refractivity contribution is 5.73. The maximum atomic E-state index is 12.4. The molecule has 3 nitrogen and oxygen atoms in total. The lowest BCUT2D eigenvalue weighted by Gasteiger charge is -2.32. The number of benzene rings is 1. The molecule has 0 N–H and O–H groups in total. The van der Waals surface area contributed by atoms with Gasteiger partial charge in [0.2, 0.25) is 0 Å². The molecular weight excluding hydrogens is 262 g/mol. The van der Waals surface area contributed by atoms with Crippen molar-refractivity contribution in [2.45, 2.75) is 57.0 Å². The van der Waals surface area contributed by atoms with Gasteiger partial charge in [0.25, 0.3) is 0 Å². The summed E-state index contributed by atoms with van der Waals surface area (Å²) < 4.78 is 5.45. The second-order valence-corrected chi connectivity index (χ2v) is 6.97. The Labute approximate surface area is 126 Å². The maximum absolute atomic E-state index is 12.4. The predicted molar refractivity (Wildman–Crippen MR) is 80.9 cm³/mol. The van der Waals surface area contributed by atoms with Crippen LogP contribution >= 0.6 is 0 Å².